The van der Waals surface area contributed by atoms with Gasteiger partial charge in [0.05, 0.1) is 10.8 Å². The number of amides is 1. The van der Waals surface area contributed by atoms with Gasteiger partial charge >= 0.3 is 6.09 Å². The number of carboxylic acid groups (broad SMARTS) is 1. The van der Waals surface area contributed by atoms with Crippen LogP contribution in [0.3, 0.4) is 0 Å². The third kappa shape index (κ3) is 4.95. The molecule has 1 amide bonds. The van der Waals surface area contributed by atoms with Crippen LogP contribution in [0.1, 0.15) is 58.4 Å². The molecule has 1 aliphatic rings. The quantitative estimate of drug-likeness (QED) is 0.604. The number of hydrogen-bond acceptors (Lipinski definition) is 4. The highest BCUT2D eigenvalue weighted by Crippen LogP contribution is 2.35. The van der Waals surface area contributed by atoms with Crippen molar-refractivity contribution >= 4 is 16.1 Å². The number of carbonyl (C=O) groups is 1. The van der Waals surface area contributed by atoms with Crippen molar-refractivity contribution < 1.29 is 27.1 Å². The molecule has 0 radical (unpaired) electrons. The smallest absolute Gasteiger partial charge is 0.404 e. The Kier molecular flexibility index (Phi) is 6.92. The van der Waals surface area contributed by atoms with Gasteiger partial charge in [-0.1, -0.05) is 40.0 Å². The van der Waals surface area contributed by atoms with E-state index in [0.717, 1.165) is 23.2 Å². The molecule has 3 rings (SSSR count). The van der Waals surface area contributed by atoms with Gasteiger partial charge in [0.15, 0.2) is 5.82 Å². The lowest BCUT2D eigenvalue weighted by molar-refractivity contribution is 0.174. The molecule has 176 valence electrons. The van der Waals surface area contributed by atoms with Gasteiger partial charge in [0, 0.05) is 24.0 Å². The minimum Gasteiger partial charge on any atom is -0.465 e. The van der Waals surface area contributed by atoms with Crippen LogP contribution in [0.4, 0.5) is 13.6 Å². The molecule has 1 saturated carbocycles. The molecule has 2 aromatic rings. The average Bonchev–Trinajstić information content (AvgIpc) is 3.04. The Balaban J connectivity index is 2.16. The molecule has 1 fully saturated rings. The van der Waals surface area contributed by atoms with Crippen LogP contribution < -0.4 is 5.32 Å². The Morgan fingerprint density at radius 2 is 1.94 bits per heavy atom. The maximum Gasteiger partial charge on any atom is 0.404 e. The summed E-state index contributed by atoms with van der Waals surface area (Å²) < 4.78 is 58.0. The van der Waals surface area contributed by atoms with E-state index >= 15 is 4.39 Å². The predicted octanol–water partition coefficient (Wildman–Crippen LogP) is 4.56. The molecule has 7 nitrogen and oxygen atoms in total. The van der Waals surface area contributed by atoms with Gasteiger partial charge in [0.1, 0.15) is 5.69 Å². The standard InChI is InChI=1S/C22H29F2N3O4S/c1-22(2,3)17(26-21(28)29)12-14-13-27(32(30,31)15-8-5-4-6-9-15)19(18(14)23)16-10-7-11-25-20(16)24/h7,10-11,13,15,17,26H,4-6,8-9,12H2,1-3H3,(H,28,29). The van der Waals surface area contributed by atoms with Crippen LogP contribution in [0, 0.1) is 17.2 Å². The zero-order valence-electron chi connectivity index (χ0n) is 18.4. The molecule has 0 spiro atoms. The normalized spacial score (nSPS) is 16.7. The fourth-order valence-corrected chi connectivity index (χ4v) is 6.08. The maximum atomic E-state index is 15.7. The molecule has 0 saturated heterocycles. The predicted molar refractivity (Wildman–Crippen MR) is 117 cm³/mol. The Hall–Kier alpha value is -2.49. The average molecular weight is 470 g/mol. The van der Waals surface area contributed by atoms with Crippen molar-refractivity contribution in [1.29, 1.82) is 0 Å². The minimum atomic E-state index is -4.01. The summed E-state index contributed by atoms with van der Waals surface area (Å²) in [4.78, 5) is 14.8. The summed E-state index contributed by atoms with van der Waals surface area (Å²) in [5, 5.41) is 10.9. The summed E-state index contributed by atoms with van der Waals surface area (Å²) in [7, 11) is -4.01. The first-order valence-electron chi connectivity index (χ1n) is 10.7. The number of aromatic nitrogens is 2. The molecule has 10 heteroatoms. The summed E-state index contributed by atoms with van der Waals surface area (Å²) in [6.07, 6.45) is 4.38. The highest BCUT2D eigenvalue weighted by atomic mass is 32.2. The van der Waals surface area contributed by atoms with Crippen molar-refractivity contribution in [2.75, 3.05) is 0 Å². The van der Waals surface area contributed by atoms with E-state index in [9.17, 15) is 22.7 Å². The van der Waals surface area contributed by atoms with Gasteiger partial charge < -0.3 is 10.4 Å². The largest absolute Gasteiger partial charge is 0.465 e. The molecule has 0 bridgehead atoms. The second-order valence-electron chi connectivity index (χ2n) is 9.33. The summed E-state index contributed by atoms with van der Waals surface area (Å²) in [5.74, 6) is -1.87. The fourth-order valence-electron chi connectivity index (χ4n) is 4.12. The Morgan fingerprint density at radius 1 is 1.28 bits per heavy atom. The molecular formula is C22H29F2N3O4S. The zero-order valence-corrected chi connectivity index (χ0v) is 19.3. The molecule has 2 N–H and O–H groups in total. The molecule has 0 aliphatic heterocycles. The van der Waals surface area contributed by atoms with Crippen LogP contribution in [0.2, 0.25) is 0 Å². The van der Waals surface area contributed by atoms with E-state index in [2.05, 4.69) is 10.3 Å². The highest BCUT2D eigenvalue weighted by molar-refractivity contribution is 7.90. The van der Waals surface area contributed by atoms with Gasteiger partial charge in [-0.3, -0.25) is 0 Å². The number of pyridine rings is 1. The van der Waals surface area contributed by atoms with Gasteiger partial charge in [0.25, 0.3) is 0 Å². The van der Waals surface area contributed by atoms with E-state index in [4.69, 9.17) is 0 Å². The third-order valence-electron chi connectivity index (χ3n) is 6.01. The van der Waals surface area contributed by atoms with Crippen molar-refractivity contribution in [2.45, 2.75) is 70.6 Å². The van der Waals surface area contributed by atoms with E-state index in [0.29, 0.717) is 12.8 Å². The molecule has 2 aromatic heterocycles. The lowest BCUT2D eigenvalue weighted by Gasteiger charge is -2.30. The van der Waals surface area contributed by atoms with Crippen molar-refractivity contribution in [3.8, 4) is 11.3 Å². The first-order valence-corrected chi connectivity index (χ1v) is 12.2. The van der Waals surface area contributed by atoms with Gasteiger partial charge in [-0.2, -0.15) is 4.39 Å². The number of rotatable bonds is 6. The monoisotopic (exact) mass is 469 g/mol. The molecule has 1 atom stereocenters. The van der Waals surface area contributed by atoms with Crippen molar-refractivity contribution in [1.82, 2.24) is 14.3 Å². The number of hydrogen-bond donors (Lipinski definition) is 2. The van der Waals surface area contributed by atoms with Crippen molar-refractivity contribution in [2.24, 2.45) is 5.41 Å². The lowest BCUT2D eigenvalue weighted by atomic mass is 9.83. The van der Waals surface area contributed by atoms with Gasteiger partial charge in [-0.25, -0.2) is 26.6 Å². The second-order valence-corrected chi connectivity index (χ2v) is 11.4. The Labute approximate surface area is 186 Å². The van der Waals surface area contributed by atoms with E-state index < -0.39 is 50.3 Å². The van der Waals surface area contributed by atoms with Crippen LogP contribution in [-0.4, -0.2) is 39.9 Å². The van der Waals surface area contributed by atoms with E-state index in [1.54, 1.807) is 20.8 Å². The van der Waals surface area contributed by atoms with Crippen molar-refractivity contribution in [3.63, 3.8) is 0 Å². The van der Waals surface area contributed by atoms with Gasteiger partial charge in [-0.05, 0) is 36.8 Å². The van der Waals surface area contributed by atoms with Crippen LogP contribution in [0.15, 0.2) is 24.5 Å². The SMILES string of the molecule is CC(C)(C)C(Cc1cn(S(=O)(=O)C2CCCCC2)c(-c2cccnc2F)c1F)NC(=O)O. The molecule has 1 unspecified atom stereocenters. The summed E-state index contributed by atoms with van der Waals surface area (Å²) in [5.41, 5.74) is -1.24. The number of nitrogens with zero attached hydrogens (tertiary/aromatic N) is 2. The van der Waals surface area contributed by atoms with E-state index in [1.165, 1.54) is 24.5 Å². The molecule has 32 heavy (non-hydrogen) atoms. The summed E-state index contributed by atoms with van der Waals surface area (Å²) in [6, 6.07) is 1.99. The number of nitrogens with one attached hydrogen (secondary N) is 1. The summed E-state index contributed by atoms with van der Waals surface area (Å²) in [6.45, 7) is 5.38. The van der Waals surface area contributed by atoms with Crippen molar-refractivity contribution in [3.05, 3.63) is 41.9 Å². The van der Waals surface area contributed by atoms with Crippen LogP contribution in [0.5, 0.6) is 0 Å². The molecular weight excluding hydrogens is 440 g/mol. The Bertz CT molecular complexity index is 1090. The summed E-state index contributed by atoms with van der Waals surface area (Å²) >= 11 is 0. The molecule has 0 aromatic carbocycles. The molecule has 1 aliphatic carbocycles. The lowest BCUT2D eigenvalue weighted by Crippen LogP contribution is -2.44. The first kappa shape index (κ1) is 24.2. The van der Waals surface area contributed by atoms with E-state index in [-0.39, 0.29) is 17.5 Å². The fraction of sp³-hybridized carbons (Fsp3) is 0.545. The first-order chi connectivity index (χ1) is 14.9. The number of halogens is 2. The third-order valence-corrected chi connectivity index (χ3v) is 8.16. The van der Waals surface area contributed by atoms with Crippen LogP contribution in [-0.2, 0) is 16.4 Å². The van der Waals surface area contributed by atoms with Gasteiger partial charge in [-0.15, -0.1) is 0 Å². The van der Waals surface area contributed by atoms with Crippen LogP contribution >= 0.6 is 0 Å². The minimum absolute atomic E-state index is 0.00341. The van der Waals surface area contributed by atoms with E-state index in [1.807, 2.05) is 0 Å². The zero-order chi connectivity index (χ0) is 23.7. The van der Waals surface area contributed by atoms with Crippen LogP contribution in [0.25, 0.3) is 11.3 Å². The second kappa shape index (κ2) is 9.17. The molecule has 2 heterocycles. The Morgan fingerprint density at radius 3 is 2.50 bits per heavy atom. The topological polar surface area (TPSA) is 101 Å². The highest BCUT2D eigenvalue weighted by Gasteiger charge is 2.35. The maximum absolute atomic E-state index is 15.7. The van der Waals surface area contributed by atoms with Gasteiger partial charge in [0.2, 0.25) is 16.0 Å².